The Balaban J connectivity index is 1.31. The van der Waals surface area contributed by atoms with Crippen molar-refractivity contribution >= 4 is 0 Å². The van der Waals surface area contributed by atoms with Crippen LogP contribution >= 0.6 is 0 Å². The van der Waals surface area contributed by atoms with E-state index in [4.69, 9.17) is 15.9 Å². The first kappa shape index (κ1) is 23.9. The minimum Gasteiger partial charge on any atom is -0.393 e. The lowest BCUT2D eigenvalue weighted by Gasteiger charge is -2.58. The van der Waals surface area contributed by atoms with Crippen molar-refractivity contribution < 1.29 is 19.7 Å². The van der Waals surface area contributed by atoms with Gasteiger partial charge in [0, 0.05) is 6.42 Å². The number of hydrogen-bond donors (Lipinski definition) is 2. The van der Waals surface area contributed by atoms with Gasteiger partial charge < -0.3 is 19.7 Å². The minimum atomic E-state index is -0.667. The Labute approximate surface area is 200 Å². The normalized spacial score (nSPS) is 45.8. The molecule has 5 aliphatic rings. The van der Waals surface area contributed by atoms with Crippen LogP contribution in [-0.4, -0.2) is 40.9 Å². The number of ether oxygens (including phenoxy) is 2. The molecule has 0 radical (unpaired) electrons. The summed E-state index contributed by atoms with van der Waals surface area (Å²) in [7, 11) is 0. The SMILES string of the molecule is C#C[C@]12CC[C@H](O)CC1=CC[C@H]1[C@@H]3CC[C@H]([C@@](C)(O)CCCC4(C)OCCO4)[C@@]3(C)CC[C@@H]12. The highest BCUT2D eigenvalue weighted by Gasteiger charge is 2.61. The fraction of sp³-hybridized carbons (Fsp3) is 0.862. The molecule has 4 aliphatic carbocycles. The Hall–Kier alpha value is -0.860. The van der Waals surface area contributed by atoms with E-state index in [-0.39, 0.29) is 16.9 Å². The second-order valence-corrected chi connectivity index (χ2v) is 12.6. The molecule has 5 rings (SSSR count). The first-order valence-corrected chi connectivity index (χ1v) is 13.5. The fourth-order valence-electron chi connectivity index (χ4n) is 9.22. The van der Waals surface area contributed by atoms with Gasteiger partial charge in [-0.05, 0) is 107 Å². The maximum atomic E-state index is 11.7. The van der Waals surface area contributed by atoms with E-state index in [0.29, 0.717) is 36.9 Å². The summed E-state index contributed by atoms with van der Waals surface area (Å²) in [5.74, 6) is 4.91. The molecule has 0 bridgehead atoms. The number of hydrogen-bond acceptors (Lipinski definition) is 4. The average Bonchev–Trinajstić information content (AvgIpc) is 3.36. The molecule has 1 heterocycles. The zero-order chi connectivity index (χ0) is 23.5. The van der Waals surface area contributed by atoms with E-state index < -0.39 is 11.4 Å². The highest BCUT2D eigenvalue weighted by Crippen LogP contribution is 2.67. The summed E-state index contributed by atoms with van der Waals surface area (Å²) >= 11 is 0. The van der Waals surface area contributed by atoms with Gasteiger partial charge in [0.25, 0.3) is 0 Å². The van der Waals surface area contributed by atoms with Gasteiger partial charge in [-0.1, -0.05) is 24.5 Å². The van der Waals surface area contributed by atoms with Gasteiger partial charge in [-0.15, -0.1) is 6.42 Å². The predicted molar refractivity (Wildman–Crippen MR) is 129 cm³/mol. The van der Waals surface area contributed by atoms with Crippen molar-refractivity contribution in [2.75, 3.05) is 13.2 Å². The third kappa shape index (κ3) is 3.83. The van der Waals surface area contributed by atoms with Crippen LogP contribution in [0.5, 0.6) is 0 Å². The smallest absolute Gasteiger partial charge is 0.165 e. The van der Waals surface area contributed by atoms with Crippen molar-refractivity contribution in [3.05, 3.63) is 11.6 Å². The van der Waals surface area contributed by atoms with E-state index in [1.807, 2.05) is 6.92 Å². The van der Waals surface area contributed by atoms with Crippen LogP contribution in [0.1, 0.15) is 91.4 Å². The first-order chi connectivity index (χ1) is 15.6. The van der Waals surface area contributed by atoms with Gasteiger partial charge in [0.1, 0.15) is 0 Å². The molecule has 0 aromatic carbocycles. The lowest BCUT2D eigenvalue weighted by atomic mass is 9.46. The largest absolute Gasteiger partial charge is 0.393 e. The highest BCUT2D eigenvalue weighted by atomic mass is 16.7. The zero-order valence-corrected chi connectivity index (χ0v) is 20.9. The number of aliphatic hydroxyl groups excluding tert-OH is 1. The quantitative estimate of drug-likeness (QED) is 0.440. The molecule has 0 aromatic heterocycles. The van der Waals surface area contributed by atoms with Gasteiger partial charge in [0.15, 0.2) is 5.79 Å². The van der Waals surface area contributed by atoms with Crippen LogP contribution < -0.4 is 0 Å². The van der Waals surface area contributed by atoms with Crippen molar-refractivity contribution in [1.29, 1.82) is 0 Å². The molecular weight excluding hydrogens is 412 g/mol. The molecule has 4 nitrogen and oxygen atoms in total. The van der Waals surface area contributed by atoms with Gasteiger partial charge in [0.05, 0.1) is 30.3 Å². The van der Waals surface area contributed by atoms with E-state index in [2.05, 4.69) is 25.8 Å². The lowest BCUT2D eigenvalue weighted by molar-refractivity contribution is -0.152. The topological polar surface area (TPSA) is 58.9 Å². The van der Waals surface area contributed by atoms with E-state index in [9.17, 15) is 10.2 Å². The maximum Gasteiger partial charge on any atom is 0.165 e. The van der Waals surface area contributed by atoms with Crippen LogP contribution in [0.4, 0.5) is 0 Å². The molecule has 1 saturated heterocycles. The molecule has 0 amide bonds. The molecule has 3 saturated carbocycles. The summed E-state index contributed by atoms with van der Waals surface area (Å²) in [5.41, 5.74) is 0.713. The van der Waals surface area contributed by atoms with Crippen molar-refractivity contribution in [2.45, 2.75) is 109 Å². The summed E-state index contributed by atoms with van der Waals surface area (Å²) in [6.45, 7) is 7.93. The lowest BCUT2D eigenvalue weighted by Crippen LogP contribution is -2.53. The van der Waals surface area contributed by atoms with Gasteiger partial charge in [-0.3, -0.25) is 0 Å². The maximum absolute atomic E-state index is 11.7. The molecule has 184 valence electrons. The summed E-state index contributed by atoms with van der Waals surface area (Å²) in [5, 5.41) is 22.0. The van der Waals surface area contributed by atoms with Gasteiger partial charge in [-0.2, -0.15) is 0 Å². The predicted octanol–water partition coefficient (Wildman–Crippen LogP) is 5.22. The van der Waals surface area contributed by atoms with Crippen LogP contribution in [0.15, 0.2) is 11.6 Å². The van der Waals surface area contributed by atoms with Crippen LogP contribution in [0, 0.1) is 46.8 Å². The Morgan fingerprint density at radius 3 is 2.61 bits per heavy atom. The van der Waals surface area contributed by atoms with E-state index in [0.717, 1.165) is 64.2 Å². The van der Waals surface area contributed by atoms with E-state index >= 15 is 0 Å². The van der Waals surface area contributed by atoms with Gasteiger partial charge in [0.2, 0.25) is 0 Å². The molecule has 8 atom stereocenters. The molecule has 0 unspecified atom stereocenters. The van der Waals surface area contributed by atoms with Crippen LogP contribution in [0.2, 0.25) is 0 Å². The van der Waals surface area contributed by atoms with Gasteiger partial charge in [-0.25, -0.2) is 0 Å². The molecule has 0 aromatic rings. The Kier molecular flexibility index (Phi) is 6.05. The first-order valence-electron chi connectivity index (χ1n) is 13.5. The van der Waals surface area contributed by atoms with Crippen LogP contribution in [-0.2, 0) is 9.47 Å². The number of allylic oxidation sites excluding steroid dienone is 1. The second kappa shape index (κ2) is 8.37. The second-order valence-electron chi connectivity index (χ2n) is 12.6. The Bertz CT molecular complexity index is 818. The third-order valence-electron chi connectivity index (χ3n) is 10.8. The Morgan fingerprint density at radius 2 is 1.88 bits per heavy atom. The fourth-order valence-corrected chi connectivity index (χ4v) is 9.22. The van der Waals surface area contributed by atoms with Crippen LogP contribution in [0.3, 0.4) is 0 Å². The van der Waals surface area contributed by atoms with Gasteiger partial charge >= 0.3 is 0 Å². The van der Waals surface area contributed by atoms with Crippen molar-refractivity contribution in [2.24, 2.45) is 34.5 Å². The molecular formula is C29H44O4. The standard InChI is InChI=1S/C29H44O4/c1-5-29-16-11-21(30)19-20(29)7-8-22-23-9-10-25(26(23,2)15-12-24(22)29)27(3,31)13-6-14-28(4)32-17-18-33-28/h1,7,21-25,30-31H,6,8-19H2,2-4H3/t21-,22-,23-,24-,25-,26-,27-,29-/m0/s1. The molecule has 1 aliphatic heterocycles. The highest BCUT2D eigenvalue weighted by molar-refractivity contribution is 5.35. The zero-order valence-electron chi connectivity index (χ0n) is 20.9. The summed E-state index contributed by atoms with van der Waals surface area (Å²) in [6.07, 6.45) is 19.2. The molecule has 33 heavy (non-hydrogen) atoms. The van der Waals surface area contributed by atoms with E-state index in [1.54, 1.807) is 0 Å². The van der Waals surface area contributed by atoms with Crippen molar-refractivity contribution in [1.82, 2.24) is 0 Å². The number of terminal acetylenes is 1. The number of aliphatic hydroxyl groups is 2. The van der Waals surface area contributed by atoms with Crippen molar-refractivity contribution in [3.63, 3.8) is 0 Å². The number of rotatable bonds is 5. The van der Waals surface area contributed by atoms with Crippen molar-refractivity contribution in [3.8, 4) is 12.3 Å². The molecule has 4 heteroatoms. The van der Waals surface area contributed by atoms with Crippen LogP contribution in [0.25, 0.3) is 0 Å². The monoisotopic (exact) mass is 456 g/mol. The average molecular weight is 457 g/mol. The summed E-state index contributed by atoms with van der Waals surface area (Å²) in [4.78, 5) is 0. The minimum absolute atomic E-state index is 0.138. The molecule has 2 N–H and O–H groups in total. The van der Waals surface area contributed by atoms with E-state index in [1.165, 1.54) is 12.0 Å². The Morgan fingerprint density at radius 1 is 1.12 bits per heavy atom. The molecule has 0 spiro atoms. The molecule has 4 fully saturated rings. The summed E-state index contributed by atoms with van der Waals surface area (Å²) < 4.78 is 11.5. The third-order valence-corrected chi connectivity index (χ3v) is 10.8. The number of fused-ring (bicyclic) bond motifs is 5. The summed E-state index contributed by atoms with van der Waals surface area (Å²) in [6, 6.07) is 0.